The van der Waals surface area contributed by atoms with Gasteiger partial charge in [0.15, 0.2) is 12.4 Å². The van der Waals surface area contributed by atoms with Crippen LogP contribution in [0.4, 0.5) is 0 Å². The Balaban J connectivity index is 2.01. The van der Waals surface area contributed by atoms with E-state index < -0.39 is 0 Å². The second-order valence-electron chi connectivity index (χ2n) is 4.45. The molecule has 0 atom stereocenters. The Morgan fingerprint density at radius 1 is 1.20 bits per heavy atom. The van der Waals surface area contributed by atoms with Crippen LogP contribution >= 0.6 is 22.9 Å². The fourth-order valence-corrected chi connectivity index (χ4v) is 2.95. The zero-order valence-electron chi connectivity index (χ0n) is 10.7. The second kappa shape index (κ2) is 5.23. The summed E-state index contributed by atoms with van der Waals surface area (Å²) in [6, 6.07) is 9.36. The van der Waals surface area contributed by atoms with E-state index in [0.717, 1.165) is 32.1 Å². The summed E-state index contributed by atoms with van der Waals surface area (Å²) >= 11 is 7.41. The number of rotatable bonds is 2. The van der Waals surface area contributed by atoms with Crippen molar-refractivity contribution in [3.8, 4) is 21.8 Å². The molecular formula is C15H11ClN2OS. The average Bonchev–Trinajstić information content (AvgIpc) is 2.92. The summed E-state index contributed by atoms with van der Waals surface area (Å²) in [7, 11) is 0. The Morgan fingerprint density at radius 3 is 2.70 bits per heavy atom. The SMILES string of the molecule is Cc1cc[n+]([O-])cc1-c1nc(-c2ccc(Cl)cc2)cs1. The van der Waals surface area contributed by atoms with Crippen molar-refractivity contribution in [2.75, 3.05) is 0 Å². The first-order chi connectivity index (χ1) is 9.63. The van der Waals surface area contributed by atoms with Crippen LogP contribution in [0.3, 0.4) is 0 Å². The van der Waals surface area contributed by atoms with E-state index in [1.54, 1.807) is 12.3 Å². The van der Waals surface area contributed by atoms with Crippen molar-refractivity contribution in [3.63, 3.8) is 0 Å². The van der Waals surface area contributed by atoms with E-state index in [0.29, 0.717) is 5.02 Å². The molecule has 0 spiro atoms. The lowest BCUT2D eigenvalue weighted by atomic mass is 10.1. The Morgan fingerprint density at radius 2 is 1.95 bits per heavy atom. The lowest BCUT2D eigenvalue weighted by molar-refractivity contribution is -0.604. The zero-order valence-corrected chi connectivity index (χ0v) is 12.3. The molecular weight excluding hydrogens is 292 g/mol. The molecule has 20 heavy (non-hydrogen) atoms. The van der Waals surface area contributed by atoms with Crippen LogP contribution in [0.1, 0.15) is 5.56 Å². The van der Waals surface area contributed by atoms with E-state index in [1.165, 1.54) is 17.5 Å². The largest absolute Gasteiger partial charge is 0.619 e. The van der Waals surface area contributed by atoms with Gasteiger partial charge >= 0.3 is 0 Å². The number of hydrogen-bond donors (Lipinski definition) is 0. The highest BCUT2D eigenvalue weighted by Gasteiger charge is 2.11. The van der Waals surface area contributed by atoms with Crippen LogP contribution < -0.4 is 4.73 Å². The van der Waals surface area contributed by atoms with E-state index in [2.05, 4.69) is 4.98 Å². The number of benzene rings is 1. The molecule has 0 aliphatic heterocycles. The van der Waals surface area contributed by atoms with Gasteiger partial charge in [-0.15, -0.1) is 11.3 Å². The van der Waals surface area contributed by atoms with Gasteiger partial charge < -0.3 is 5.21 Å². The third-order valence-corrected chi connectivity index (χ3v) is 4.15. The quantitative estimate of drug-likeness (QED) is 0.529. The first kappa shape index (κ1) is 13.1. The normalized spacial score (nSPS) is 10.7. The minimum atomic E-state index is 0.704. The van der Waals surface area contributed by atoms with Crippen LogP contribution in [-0.2, 0) is 0 Å². The lowest BCUT2D eigenvalue weighted by Gasteiger charge is -2.02. The molecule has 1 aromatic carbocycles. The highest BCUT2D eigenvalue weighted by molar-refractivity contribution is 7.13. The Labute approximate surface area is 125 Å². The van der Waals surface area contributed by atoms with Gasteiger partial charge in [0, 0.05) is 22.0 Å². The van der Waals surface area contributed by atoms with E-state index in [4.69, 9.17) is 11.6 Å². The van der Waals surface area contributed by atoms with Crippen LogP contribution in [-0.4, -0.2) is 4.98 Å². The Kier molecular flexibility index (Phi) is 3.42. The average molecular weight is 303 g/mol. The topological polar surface area (TPSA) is 39.8 Å². The van der Waals surface area contributed by atoms with Crippen molar-refractivity contribution in [2.24, 2.45) is 0 Å². The third-order valence-electron chi connectivity index (χ3n) is 3.03. The number of hydrogen-bond acceptors (Lipinski definition) is 3. The van der Waals surface area contributed by atoms with Crippen molar-refractivity contribution in [2.45, 2.75) is 6.92 Å². The summed E-state index contributed by atoms with van der Waals surface area (Å²) in [6.07, 6.45) is 3.05. The van der Waals surface area contributed by atoms with E-state index in [9.17, 15) is 5.21 Å². The fourth-order valence-electron chi connectivity index (χ4n) is 1.92. The van der Waals surface area contributed by atoms with Gasteiger partial charge in [0.25, 0.3) is 0 Å². The van der Waals surface area contributed by atoms with Crippen LogP contribution in [0.25, 0.3) is 21.8 Å². The van der Waals surface area contributed by atoms with Crippen LogP contribution in [0.2, 0.25) is 5.02 Å². The van der Waals surface area contributed by atoms with Crippen molar-refractivity contribution in [1.29, 1.82) is 0 Å². The van der Waals surface area contributed by atoms with Crippen LogP contribution in [0, 0.1) is 12.1 Å². The van der Waals surface area contributed by atoms with Gasteiger partial charge in [-0.2, -0.15) is 4.73 Å². The lowest BCUT2D eigenvalue weighted by Crippen LogP contribution is -2.24. The standard InChI is InChI=1S/C15H11ClN2OS/c1-10-6-7-18(19)8-13(10)15-17-14(9-20-15)11-2-4-12(16)5-3-11/h2-9H,1H3. The van der Waals surface area contributed by atoms with E-state index in [1.807, 2.05) is 36.6 Å². The van der Waals surface area contributed by atoms with Gasteiger partial charge in [-0.05, 0) is 24.6 Å². The van der Waals surface area contributed by atoms with Crippen molar-refractivity contribution in [1.82, 2.24) is 4.98 Å². The summed E-state index contributed by atoms with van der Waals surface area (Å²) in [6.45, 7) is 1.97. The molecule has 0 radical (unpaired) electrons. The summed E-state index contributed by atoms with van der Waals surface area (Å²) < 4.78 is 0.797. The summed E-state index contributed by atoms with van der Waals surface area (Å²) in [5.74, 6) is 0. The van der Waals surface area contributed by atoms with Gasteiger partial charge in [-0.25, -0.2) is 4.98 Å². The molecule has 3 nitrogen and oxygen atoms in total. The maximum absolute atomic E-state index is 11.4. The molecule has 0 saturated heterocycles. The molecule has 0 bridgehead atoms. The molecule has 2 heterocycles. The molecule has 3 aromatic rings. The minimum absolute atomic E-state index is 0.704. The third kappa shape index (κ3) is 2.53. The molecule has 0 saturated carbocycles. The van der Waals surface area contributed by atoms with E-state index >= 15 is 0 Å². The van der Waals surface area contributed by atoms with Crippen molar-refractivity contribution >= 4 is 22.9 Å². The molecule has 3 rings (SSSR count). The molecule has 0 N–H and O–H groups in total. The maximum Gasteiger partial charge on any atom is 0.190 e. The zero-order chi connectivity index (χ0) is 14.1. The van der Waals surface area contributed by atoms with Gasteiger partial charge in [0.2, 0.25) is 0 Å². The summed E-state index contributed by atoms with van der Waals surface area (Å²) in [5.41, 5.74) is 3.81. The van der Waals surface area contributed by atoms with Crippen molar-refractivity contribution < 1.29 is 4.73 Å². The van der Waals surface area contributed by atoms with Gasteiger partial charge in [0.1, 0.15) is 5.01 Å². The predicted octanol–water partition coefficient (Wildman–Crippen LogP) is 4.07. The van der Waals surface area contributed by atoms with Gasteiger partial charge in [-0.1, -0.05) is 23.7 Å². The predicted molar refractivity (Wildman–Crippen MR) is 81.7 cm³/mol. The fraction of sp³-hybridized carbons (Fsp3) is 0.0667. The number of nitrogens with zero attached hydrogens (tertiary/aromatic N) is 2. The molecule has 0 aliphatic rings. The summed E-state index contributed by atoms with van der Waals surface area (Å²) in [4.78, 5) is 4.61. The number of halogens is 1. The van der Waals surface area contributed by atoms with Gasteiger partial charge in [-0.3, -0.25) is 0 Å². The number of aryl methyl sites for hydroxylation is 1. The minimum Gasteiger partial charge on any atom is -0.619 e. The number of thiazole rings is 1. The number of pyridine rings is 1. The maximum atomic E-state index is 11.4. The molecule has 0 aliphatic carbocycles. The summed E-state index contributed by atoms with van der Waals surface area (Å²) in [5, 5.41) is 14.9. The molecule has 0 amide bonds. The molecule has 0 fully saturated rings. The molecule has 2 aromatic heterocycles. The molecule has 0 unspecified atom stereocenters. The highest BCUT2D eigenvalue weighted by atomic mass is 35.5. The Bertz CT molecular complexity index is 753. The molecule has 5 heteroatoms. The molecule has 100 valence electrons. The number of aromatic nitrogens is 2. The highest BCUT2D eigenvalue weighted by Crippen LogP contribution is 2.30. The first-order valence-electron chi connectivity index (χ1n) is 6.05. The van der Waals surface area contributed by atoms with E-state index in [-0.39, 0.29) is 0 Å². The second-order valence-corrected chi connectivity index (χ2v) is 5.74. The van der Waals surface area contributed by atoms with Crippen LogP contribution in [0.5, 0.6) is 0 Å². The monoisotopic (exact) mass is 302 g/mol. The van der Waals surface area contributed by atoms with Crippen LogP contribution in [0.15, 0.2) is 48.1 Å². The first-order valence-corrected chi connectivity index (χ1v) is 7.30. The smallest absolute Gasteiger partial charge is 0.190 e. The van der Waals surface area contributed by atoms with Gasteiger partial charge in [0.05, 0.1) is 11.3 Å². The van der Waals surface area contributed by atoms with Crippen molar-refractivity contribution in [3.05, 3.63) is 63.9 Å². The Hall–Kier alpha value is -1.91.